The van der Waals surface area contributed by atoms with Gasteiger partial charge in [0, 0.05) is 12.8 Å². The minimum Gasteiger partial charge on any atom is -0.462 e. The fourth-order valence-corrected chi connectivity index (χ4v) is 5.61. The predicted octanol–water partition coefficient (Wildman–Crippen LogP) is 10.0. The van der Waals surface area contributed by atoms with E-state index in [9.17, 15) is 19.0 Å². The monoisotopic (exact) mass is 703 g/mol. The predicted molar refractivity (Wildman–Crippen MR) is 197 cm³/mol. The Hall–Kier alpha value is -1.51. The number of quaternary nitrogens is 1. The summed E-state index contributed by atoms with van der Waals surface area (Å²) in [5.41, 5.74) is 0. The number of nitrogens with zero attached hydrogens (tertiary/aromatic N) is 1. The van der Waals surface area contributed by atoms with Crippen molar-refractivity contribution in [1.82, 2.24) is 0 Å². The third-order valence-electron chi connectivity index (χ3n) is 7.95. The average molecular weight is 703 g/mol. The minimum absolute atomic E-state index is 0.0295. The second-order valence-corrected chi connectivity index (χ2v) is 15.4. The Morgan fingerprint density at radius 1 is 0.625 bits per heavy atom. The normalized spacial score (nSPS) is 14.0. The first-order chi connectivity index (χ1) is 23.0. The van der Waals surface area contributed by atoms with Crippen LogP contribution in [-0.4, -0.2) is 74.9 Å². The largest absolute Gasteiger partial charge is 0.472 e. The molecule has 0 aromatic rings. The third kappa shape index (κ3) is 34.4. The molecular weight excluding hydrogens is 629 g/mol. The van der Waals surface area contributed by atoms with Crippen molar-refractivity contribution in [2.45, 2.75) is 161 Å². The van der Waals surface area contributed by atoms with Crippen molar-refractivity contribution in [2.24, 2.45) is 0 Å². The molecule has 1 N–H and O–H groups in total. The molecule has 282 valence electrons. The molecule has 0 aromatic carbocycles. The van der Waals surface area contributed by atoms with E-state index in [1.165, 1.54) is 44.9 Å². The standard InChI is InChI=1S/C38H72NO8P/c1-6-8-10-12-14-16-18-19-21-23-25-27-29-31-38(41)47-36(35-46-48(42,43)45-33-32-39(3,4)5)34-44-37(40)30-28-26-24-22-20-17-15-13-11-9-7-2/h13,15-16,18,36H,6-12,14,17,19-35H2,1-5H3/p+1/b15-13-,18-16-. The zero-order valence-electron chi connectivity index (χ0n) is 31.5. The summed E-state index contributed by atoms with van der Waals surface area (Å²) in [5, 5.41) is 0. The summed E-state index contributed by atoms with van der Waals surface area (Å²) in [6, 6.07) is 0. The summed E-state index contributed by atoms with van der Waals surface area (Å²) in [5.74, 6) is -0.822. The van der Waals surface area contributed by atoms with E-state index in [0.717, 1.165) is 77.0 Å². The van der Waals surface area contributed by atoms with E-state index in [0.29, 0.717) is 17.4 Å². The summed E-state index contributed by atoms with van der Waals surface area (Å²) < 4.78 is 34.1. The van der Waals surface area contributed by atoms with Gasteiger partial charge in [-0.1, -0.05) is 109 Å². The van der Waals surface area contributed by atoms with Crippen LogP contribution in [0.15, 0.2) is 24.3 Å². The number of carbonyl (C=O) groups excluding carboxylic acids is 2. The molecule has 0 aliphatic rings. The van der Waals surface area contributed by atoms with E-state index < -0.39 is 26.5 Å². The fourth-order valence-electron chi connectivity index (χ4n) is 4.87. The van der Waals surface area contributed by atoms with E-state index in [4.69, 9.17) is 18.5 Å². The lowest BCUT2D eigenvalue weighted by Crippen LogP contribution is -2.37. The molecule has 10 heteroatoms. The maximum absolute atomic E-state index is 12.6. The Morgan fingerprint density at radius 3 is 1.60 bits per heavy atom. The molecule has 0 fully saturated rings. The molecule has 0 aromatic heterocycles. The number of rotatable bonds is 34. The van der Waals surface area contributed by atoms with Crippen molar-refractivity contribution in [1.29, 1.82) is 0 Å². The van der Waals surface area contributed by atoms with Crippen LogP contribution < -0.4 is 0 Å². The van der Waals surface area contributed by atoms with Gasteiger partial charge < -0.3 is 18.9 Å². The molecule has 48 heavy (non-hydrogen) atoms. The average Bonchev–Trinajstić information content (AvgIpc) is 3.02. The van der Waals surface area contributed by atoms with Crippen molar-refractivity contribution in [2.75, 3.05) is 47.5 Å². The van der Waals surface area contributed by atoms with Crippen LogP contribution in [-0.2, 0) is 32.7 Å². The molecule has 2 atom stereocenters. The first kappa shape index (κ1) is 46.5. The lowest BCUT2D eigenvalue weighted by molar-refractivity contribution is -0.870. The van der Waals surface area contributed by atoms with Gasteiger partial charge in [0.05, 0.1) is 27.7 Å². The Labute approximate surface area is 294 Å². The number of likely N-dealkylation sites (N-methyl/N-ethyl adjacent to an activating group) is 1. The van der Waals surface area contributed by atoms with Gasteiger partial charge in [0.1, 0.15) is 19.8 Å². The highest BCUT2D eigenvalue weighted by Gasteiger charge is 2.27. The van der Waals surface area contributed by atoms with E-state index >= 15 is 0 Å². The number of unbranched alkanes of at least 4 members (excludes halogenated alkanes) is 16. The lowest BCUT2D eigenvalue weighted by atomic mass is 10.1. The highest BCUT2D eigenvalue weighted by Crippen LogP contribution is 2.43. The Kier molecular flexibility index (Phi) is 30.5. The summed E-state index contributed by atoms with van der Waals surface area (Å²) in [4.78, 5) is 35.1. The van der Waals surface area contributed by atoms with Crippen LogP contribution in [0.3, 0.4) is 0 Å². The number of phosphoric ester groups is 1. The maximum Gasteiger partial charge on any atom is 0.472 e. The van der Waals surface area contributed by atoms with Crippen molar-refractivity contribution < 1.29 is 42.1 Å². The van der Waals surface area contributed by atoms with Gasteiger partial charge in [0.2, 0.25) is 0 Å². The van der Waals surface area contributed by atoms with Crippen LogP contribution in [0.25, 0.3) is 0 Å². The number of hydrogen-bond donors (Lipinski definition) is 1. The van der Waals surface area contributed by atoms with Gasteiger partial charge in [-0.2, -0.15) is 0 Å². The van der Waals surface area contributed by atoms with E-state index in [1.54, 1.807) is 0 Å². The molecule has 0 amide bonds. The Bertz CT molecular complexity index is 886. The van der Waals surface area contributed by atoms with Crippen molar-refractivity contribution in [3.8, 4) is 0 Å². The molecule has 0 radical (unpaired) electrons. The molecular formula is C38H73NO8P+. The topological polar surface area (TPSA) is 108 Å². The molecule has 0 saturated carbocycles. The van der Waals surface area contributed by atoms with Gasteiger partial charge >= 0.3 is 19.8 Å². The Morgan fingerprint density at radius 2 is 1.08 bits per heavy atom. The van der Waals surface area contributed by atoms with Crippen LogP contribution in [0, 0.1) is 0 Å². The second kappa shape index (κ2) is 31.5. The highest BCUT2D eigenvalue weighted by atomic mass is 31.2. The zero-order valence-corrected chi connectivity index (χ0v) is 32.4. The fraction of sp³-hybridized carbons (Fsp3) is 0.842. The summed E-state index contributed by atoms with van der Waals surface area (Å²) in [6.07, 6.45) is 30.8. The number of allylic oxidation sites excluding steroid dienone is 4. The first-order valence-electron chi connectivity index (χ1n) is 19.1. The molecule has 0 aliphatic carbocycles. The second-order valence-electron chi connectivity index (χ2n) is 14.0. The molecule has 2 unspecified atom stereocenters. The zero-order chi connectivity index (χ0) is 35.8. The lowest BCUT2D eigenvalue weighted by Gasteiger charge is -2.24. The smallest absolute Gasteiger partial charge is 0.462 e. The summed E-state index contributed by atoms with van der Waals surface area (Å²) in [6.45, 7) is 4.33. The molecule has 9 nitrogen and oxygen atoms in total. The molecule has 0 aliphatic heterocycles. The minimum atomic E-state index is -4.37. The highest BCUT2D eigenvalue weighted by molar-refractivity contribution is 7.47. The van der Waals surface area contributed by atoms with Crippen molar-refractivity contribution in [3.63, 3.8) is 0 Å². The molecule has 0 bridgehead atoms. The van der Waals surface area contributed by atoms with Crippen LogP contribution in [0.5, 0.6) is 0 Å². The van der Waals surface area contributed by atoms with Crippen molar-refractivity contribution in [3.05, 3.63) is 24.3 Å². The van der Waals surface area contributed by atoms with Gasteiger partial charge in [-0.25, -0.2) is 4.57 Å². The summed E-state index contributed by atoms with van der Waals surface area (Å²) >= 11 is 0. The van der Waals surface area contributed by atoms with Crippen LogP contribution in [0.2, 0.25) is 0 Å². The summed E-state index contributed by atoms with van der Waals surface area (Å²) in [7, 11) is 1.46. The number of phosphoric acid groups is 1. The van der Waals surface area contributed by atoms with Gasteiger partial charge in [-0.3, -0.25) is 18.6 Å². The molecule has 0 spiro atoms. The maximum atomic E-state index is 12.6. The Balaban J connectivity index is 4.47. The first-order valence-corrected chi connectivity index (χ1v) is 20.6. The van der Waals surface area contributed by atoms with E-state index in [2.05, 4.69) is 38.2 Å². The van der Waals surface area contributed by atoms with E-state index in [-0.39, 0.29) is 32.0 Å². The molecule has 0 saturated heterocycles. The van der Waals surface area contributed by atoms with Crippen LogP contribution >= 0.6 is 7.82 Å². The third-order valence-corrected chi connectivity index (χ3v) is 8.94. The van der Waals surface area contributed by atoms with Gasteiger partial charge in [0.25, 0.3) is 0 Å². The number of esters is 2. The van der Waals surface area contributed by atoms with Crippen molar-refractivity contribution >= 4 is 19.8 Å². The molecule has 0 heterocycles. The molecule has 0 rings (SSSR count). The SMILES string of the molecule is CCCC/C=C\CCCCCCCC(=O)OCC(COP(=O)(O)OCC[N+](C)(C)C)OC(=O)CCCCCCC/C=C\CCCCCC. The number of carbonyl (C=O) groups is 2. The van der Waals surface area contributed by atoms with Gasteiger partial charge in [-0.05, 0) is 57.8 Å². The quantitative estimate of drug-likeness (QED) is 0.0232. The van der Waals surface area contributed by atoms with E-state index in [1.807, 2.05) is 21.1 Å². The number of hydrogen-bond acceptors (Lipinski definition) is 7. The van der Waals surface area contributed by atoms with Gasteiger partial charge in [-0.15, -0.1) is 0 Å². The number of ether oxygens (including phenoxy) is 2. The van der Waals surface area contributed by atoms with Gasteiger partial charge in [0.15, 0.2) is 6.10 Å². The van der Waals surface area contributed by atoms with Crippen LogP contribution in [0.4, 0.5) is 0 Å². The van der Waals surface area contributed by atoms with Crippen LogP contribution in [0.1, 0.15) is 155 Å².